The van der Waals surface area contributed by atoms with Crippen LogP contribution >= 0.6 is 11.8 Å². The normalized spacial score (nSPS) is 15.7. The molecule has 1 aliphatic carbocycles. The summed E-state index contributed by atoms with van der Waals surface area (Å²) in [7, 11) is 0. The summed E-state index contributed by atoms with van der Waals surface area (Å²) in [6, 6.07) is 14.8. The Morgan fingerprint density at radius 2 is 2.07 bits per heavy atom. The average Bonchev–Trinajstić information content (AvgIpc) is 2.74. The summed E-state index contributed by atoms with van der Waals surface area (Å²) in [5.41, 5.74) is 3.80. The maximum absolute atomic E-state index is 14.0. The lowest BCUT2D eigenvalue weighted by Crippen LogP contribution is -2.12. The van der Waals surface area contributed by atoms with Crippen LogP contribution in [0.15, 0.2) is 70.7 Å². The topological polar surface area (TPSA) is 50.2 Å². The molecule has 4 rings (SSSR count). The van der Waals surface area contributed by atoms with Crippen LogP contribution in [0.3, 0.4) is 0 Å². The number of benzene rings is 2. The lowest BCUT2D eigenvalue weighted by Gasteiger charge is -2.26. The van der Waals surface area contributed by atoms with Gasteiger partial charge in [0.2, 0.25) is 0 Å². The maximum Gasteiger partial charge on any atom is 0.336 e. The molecule has 0 saturated heterocycles. The first-order chi connectivity index (χ1) is 14.1. The van der Waals surface area contributed by atoms with Crippen LogP contribution in [-0.2, 0) is 12.8 Å². The molecule has 1 aromatic heterocycles. The van der Waals surface area contributed by atoms with E-state index in [9.17, 15) is 14.3 Å². The van der Waals surface area contributed by atoms with Crippen LogP contribution in [0.1, 0.15) is 52.2 Å². The lowest BCUT2D eigenvalue weighted by atomic mass is 9.80. The van der Waals surface area contributed by atoms with Gasteiger partial charge in [-0.15, -0.1) is 0 Å². The van der Waals surface area contributed by atoms with Crippen LogP contribution in [0, 0.1) is 5.82 Å². The Bertz CT molecular complexity index is 1040. The van der Waals surface area contributed by atoms with Crippen molar-refractivity contribution in [2.75, 3.05) is 0 Å². The standard InChI is InChI=1S/C24H22FNO2S/c25-22-6-1-2-7-23(22)29-19-10-11-20-16(4-3-5-17(20)14-19)8-9-18-15-26-13-12-21(18)24(27)28/h1-2,6-7,10-16H,3-5,8-9H2,(H,27,28). The van der Waals surface area contributed by atoms with Gasteiger partial charge in [-0.2, -0.15) is 0 Å². The predicted molar refractivity (Wildman–Crippen MR) is 112 cm³/mol. The number of hydrogen-bond acceptors (Lipinski definition) is 3. The van der Waals surface area contributed by atoms with Gasteiger partial charge in [0.25, 0.3) is 0 Å². The molecule has 3 nitrogen and oxygen atoms in total. The van der Waals surface area contributed by atoms with Gasteiger partial charge in [-0.3, -0.25) is 4.98 Å². The molecule has 0 aliphatic heterocycles. The number of fused-ring (bicyclic) bond motifs is 1. The van der Waals surface area contributed by atoms with Crippen molar-refractivity contribution in [3.63, 3.8) is 0 Å². The minimum absolute atomic E-state index is 0.196. The van der Waals surface area contributed by atoms with E-state index in [1.807, 2.05) is 6.07 Å². The summed E-state index contributed by atoms with van der Waals surface area (Å²) in [5.74, 6) is -0.687. The fourth-order valence-corrected chi connectivity index (χ4v) is 4.98. The van der Waals surface area contributed by atoms with E-state index in [2.05, 4.69) is 23.2 Å². The van der Waals surface area contributed by atoms with Crippen molar-refractivity contribution < 1.29 is 14.3 Å². The zero-order valence-electron chi connectivity index (χ0n) is 16.0. The molecule has 0 bridgehead atoms. The Kier molecular flexibility index (Phi) is 5.95. The Labute approximate surface area is 174 Å². The van der Waals surface area contributed by atoms with E-state index < -0.39 is 5.97 Å². The second-order valence-electron chi connectivity index (χ2n) is 7.36. The van der Waals surface area contributed by atoms with Gasteiger partial charge in [0, 0.05) is 22.2 Å². The molecule has 0 fully saturated rings. The van der Waals surface area contributed by atoms with E-state index in [0.717, 1.165) is 36.1 Å². The SMILES string of the molecule is O=C(O)c1ccncc1CCC1CCCc2cc(Sc3ccccc3F)ccc21. The monoisotopic (exact) mass is 407 g/mol. The third-order valence-electron chi connectivity index (χ3n) is 5.51. The number of halogens is 1. The first kappa shape index (κ1) is 19.6. The number of rotatable bonds is 6. The number of carbonyl (C=O) groups is 1. The highest BCUT2D eigenvalue weighted by Crippen LogP contribution is 2.38. The van der Waals surface area contributed by atoms with Gasteiger partial charge < -0.3 is 5.11 Å². The lowest BCUT2D eigenvalue weighted by molar-refractivity contribution is 0.0695. The van der Waals surface area contributed by atoms with Crippen LogP contribution in [0.5, 0.6) is 0 Å². The van der Waals surface area contributed by atoms with Gasteiger partial charge in [-0.05, 0) is 85.0 Å². The third-order valence-corrected chi connectivity index (χ3v) is 6.55. The predicted octanol–water partition coefficient (Wildman–Crippen LogP) is 6.12. The van der Waals surface area contributed by atoms with Crippen molar-refractivity contribution in [1.29, 1.82) is 0 Å². The summed E-state index contributed by atoms with van der Waals surface area (Å²) in [5, 5.41) is 9.37. The Balaban J connectivity index is 1.50. The number of aryl methyl sites for hydroxylation is 2. The van der Waals surface area contributed by atoms with Crippen molar-refractivity contribution in [3.05, 3.63) is 89.0 Å². The van der Waals surface area contributed by atoms with Crippen LogP contribution < -0.4 is 0 Å². The molecule has 1 unspecified atom stereocenters. The molecule has 0 saturated carbocycles. The molecule has 2 aromatic carbocycles. The average molecular weight is 408 g/mol. The summed E-state index contributed by atoms with van der Waals surface area (Å²) in [6.07, 6.45) is 8.05. The van der Waals surface area contributed by atoms with Gasteiger partial charge in [0.15, 0.2) is 0 Å². The number of carboxylic acid groups (broad SMARTS) is 1. The van der Waals surface area contributed by atoms with Crippen LogP contribution in [0.25, 0.3) is 0 Å². The van der Waals surface area contributed by atoms with Crippen LogP contribution in [0.4, 0.5) is 4.39 Å². The summed E-state index contributed by atoms with van der Waals surface area (Å²) in [4.78, 5) is 17.2. The Hall–Kier alpha value is -2.66. The van der Waals surface area contributed by atoms with Crippen molar-refractivity contribution in [3.8, 4) is 0 Å². The molecular formula is C24H22FNO2S. The smallest absolute Gasteiger partial charge is 0.336 e. The minimum Gasteiger partial charge on any atom is -0.478 e. The van der Waals surface area contributed by atoms with E-state index in [-0.39, 0.29) is 5.82 Å². The molecule has 1 N–H and O–H groups in total. The van der Waals surface area contributed by atoms with Crippen LogP contribution in [0.2, 0.25) is 0 Å². The molecule has 148 valence electrons. The maximum atomic E-state index is 14.0. The van der Waals surface area contributed by atoms with Gasteiger partial charge in [-0.1, -0.05) is 30.0 Å². The first-order valence-electron chi connectivity index (χ1n) is 9.83. The number of aromatic nitrogens is 1. The summed E-state index contributed by atoms with van der Waals surface area (Å²) >= 11 is 1.46. The first-order valence-corrected chi connectivity index (χ1v) is 10.6. The highest BCUT2D eigenvalue weighted by atomic mass is 32.2. The van der Waals surface area contributed by atoms with Crippen molar-refractivity contribution >= 4 is 17.7 Å². The fraction of sp³-hybridized carbons (Fsp3) is 0.250. The number of hydrogen-bond donors (Lipinski definition) is 1. The van der Waals surface area contributed by atoms with E-state index in [1.54, 1.807) is 24.4 Å². The van der Waals surface area contributed by atoms with Crippen molar-refractivity contribution in [1.82, 2.24) is 4.98 Å². The largest absolute Gasteiger partial charge is 0.478 e. The number of carboxylic acids is 1. The Morgan fingerprint density at radius 1 is 1.21 bits per heavy atom. The molecule has 1 atom stereocenters. The van der Waals surface area contributed by atoms with E-state index >= 15 is 0 Å². The molecule has 1 heterocycles. The van der Waals surface area contributed by atoms with Gasteiger partial charge >= 0.3 is 5.97 Å². The highest BCUT2D eigenvalue weighted by molar-refractivity contribution is 7.99. The molecule has 0 spiro atoms. The zero-order chi connectivity index (χ0) is 20.2. The van der Waals surface area contributed by atoms with E-state index in [4.69, 9.17) is 0 Å². The number of pyridine rings is 1. The van der Waals surface area contributed by atoms with Gasteiger partial charge in [-0.25, -0.2) is 9.18 Å². The van der Waals surface area contributed by atoms with Crippen molar-refractivity contribution in [2.45, 2.75) is 47.8 Å². The quantitative estimate of drug-likeness (QED) is 0.535. The van der Waals surface area contributed by atoms with E-state index in [1.165, 1.54) is 35.2 Å². The number of nitrogens with zero attached hydrogens (tertiary/aromatic N) is 1. The van der Waals surface area contributed by atoms with E-state index in [0.29, 0.717) is 22.8 Å². The molecule has 0 amide bonds. The van der Waals surface area contributed by atoms with Crippen molar-refractivity contribution in [2.24, 2.45) is 0 Å². The summed E-state index contributed by atoms with van der Waals surface area (Å²) in [6.45, 7) is 0. The molecule has 0 radical (unpaired) electrons. The highest BCUT2D eigenvalue weighted by Gasteiger charge is 2.21. The molecule has 29 heavy (non-hydrogen) atoms. The second kappa shape index (κ2) is 8.78. The molecule has 3 aromatic rings. The van der Waals surface area contributed by atoms with Crippen LogP contribution in [-0.4, -0.2) is 16.1 Å². The minimum atomic E-state index is -0.902. The third kappa shape index (κ3) is 4.51. The summed E-state index contributed by atoms with van der Waals surface area (Å²) < 4.78 is 14.0. The fourth-order valence-electron chi connectivity index (χ4n) is 4.07. The second-order valence-corrected chi connectivity index (χ2v) is 8.47. The zero-order valence-corrected chi connectivity index (χ0v) is 16.8. The Morgan fingerprint density at radius 3 is 2.90 bits per heavy atom. The molecule has 1 aliphatic rings. The van der Waals surface area contributed by atoms with Gasteiger partial charge in [0.05, 0.1) is 5.56 Å². The molecular weight excluding hydrogens is 385 g/mol. The molecule has 5 heteroatoms. The van der Waals surface area contributed by atoms with Gasteiger partial charge in [0.1, 0.15) is 5.82 Å². The number of aromatic carboxylic acids is 1.